The maximum Gasteiger partial charge on any atom is 1.00 e. The van der Waals surface area contributed by atoms with E-state index in [1.165, 1.54) is 0 Å². The van der Waals surface area contributed by atoms with E-state index in [1.807, 2.05) is 0 Å². The third-order valence-electron chi connectivity index (χ3n) is 0.769. The Bertz CT molecular complexity index is 176. The summed E-state index contributed by atoms with van der Waals surface area (Å²) in [6, 6.07) is 5.10. The number of hydrogen-bond donors (Lipinski definition) is 0. The zero-order valence-electron chi connectivity index (χ0n) is 5.16. The number of nitrogens with zero attached hydrogens (tertiary/aromatic N) is 1. The molecule has 2 nitrogen and oxygen atoms in total. The third kappa shape index (κ3) is 2.45. The molecule has 40 valence electrons. The van der Waals surface area contributed by atoms with Crippen molar-refractivity contribution in [2.75, 3.05) is 0 Å². The summed E-state index contributed by atoms with van der Waals surface area (Å²) in [4.78, 5) is 13.5. The Kier molecular flexibility index (Phi) is 4.03. The summed E-state index contributed by atoms with van der Waals surface area (Å²) >= 11 is 0. The van der Waals surface area contributed by atoms with Crippen LogP contribution in [0.4, 0.5) is 0 Å². The zero-order chi connectivity index (χ0) is 5.82. The summed E-state index contributed by atoms with van der Waals surface area (Å²) in [5.74, 6) is 0. The van der Waals surface area contributed by atoms with Crippen molar-refractivity contribution in [2.45, 2.75) is 0 Å². The Balaban J connectivity index is 0.000000640. The van der Waals surface area contributed by atoms with Gasteiger partial charge in [0.15, 0.2) is 0 Å². The molecule has 1 aromatic rings. The summed E-state index contributed by atoms with van der Waals surface area (Å²) in [6.07, 6.45) is 3.22. The second-order valence-corrected chi connectivity index (χ2v) is 1.32. The van der Waals surface area contributed by atoms with Crippen LogP contribution in [0.5, 0.6) is 0 Å². The number of rotatable bonds is 1. The average Bonchev–Trinajstić information content (AvgIpc) is 1.90. The van der Waals surface area contributed by atoms with E-state index in [9.17, 15) is 4.79 Å². The molecule has 0 bridgehead atoms. The number of pyridine rings is 1. The van der Waals surface area contributed by atoms with Crippen LogP contribution >= 0.6 is 0 Å². The summed E-state index contributed by atoms with van der Waals surface area (Å²) in [6.45, 7) is 0. The molecular formula is C6H4LiNO. The minimum Gasteiger partial charge on any atom is -0.417 e. The molecule has 9 heavy (non-hydrogen) atoms. The van der Waals surface area contributed by atoms with Gasteiger partial charge in [-0.25, -0.2) is 0 Å². The van der Waals surface area contributed by atoms with Gasteiger partial charge in [-0.3, -0.25) is 4.98 Å². The van der Waals surface area contributed by atoms with Crippen molar-refractivity contribution in [3.63, 3.8) is 0 Å². The Morgan fingerprint density at radius 3 is 2.56 bits per heavy atom. The quantitative estimate of drug-likeness (QED) is 0.299. The monoisotopic (exact) mass is 113 g/mol. The van der Waals surface area contributed by atoms with Gasteiger partial charge in [0.25, 0.3) is 0 Å². The molecule has 3 heteroatoms. The first-order valence-electron chi connectivity index (χ1n) is 2.22. The van der Waals surface area contributed by atoms with Crippen LogP contribution in [0.25, 0.3) is 0 Å². The first kappa shape index (κ1) is 8.42. The maximum absolute atomic E-state index is 9.82. The van der Waals surface area contributed by atoms with Gasteiger partial charge >= 0.3 is 18.9 Å². The topological polar surface area (TPSA) is 30.0 Å². The molecule has 0 aromatic carbocycles. The molecule has 0 atom stereocenters. The molecule has 1 rings (SSSR count). The first-order chi connectivity index (χ1) is 3.93. The predicted molar refractivity (Wildman–Crippen MR) is 29.0 cm³/mol. The molecule has 0 aliphatic carbocycles. The molecule has 0 saturated carbocycles. The largest absolute Gasteiger partial charge is 1.00 e. The van der Waals surface area contributed by atoms with Crippen molar-refractivity contribution in [1.82, 2.24) is 4.98 Å². The average molecular weight is 113 g/mol. The van der Waals surface area contributed by atoms with Gasteiger partial charge in [0.05, 0.1) is 0 Å². The molecule has 0 aliphatic heterocycles. The van der Waals surface area contributed by atoms with Gasteiger partial charge in [0, 0.05) is 12.5 Å². The van der Waals surface area contributed by atoms with Crippen LogP contribution in [0.3, 0.4) is 0 Å². The third-order valence-corrected chi connectivity index (χ3v) is 0.769. The predicted octanol–water partition coefficient (Wildman–Crippen LogP) is -2.46. The Morgan fingerprint density at radius 2 is 2.22 bits per heavy atom. The number of aromatic nitrogens is 1. The number of carbonyl (C=O) groups excluding carboxylic acids is 1. The van der Waals surface area contributed by atoms with Crippen LogP contribution in [0.15, 0.2) is 24.4 Å². The van der Waals surface area contributed by atoms with Gasteiger partial charge in [-0.2, -0.15) is 6.07 Å². The van der Waals surface area contributed by atoms with E-state index in [2.05, 4.69) is 4.98 Å². The minimum absolute atomic E-state index is 0. The van der Waals surface area contributed by atoms with E-state index >= 15 is 0 Å². The molecule has 0 fully saturated rings. The molecule has 0 spiro atoms. The van der Waals surface area contributed by atoms with E-state index in [1.54, 1.807) is 30.7 Å². The van der Waals surface area contributed by atoms with Crippen LogP contribution in [0.1, 0.15) is 5.69 Å². The van der Waals surface area contributed by atoms with Crippen molar-refractivity contribution in [3.05, 3.63) is 30.1 Å². The van der Waals surface area contributed by atoms with Gasteiger partial charge in [0.1, 0.15) is 0 Å². The Labute approximate surface area is 65.5 Å². The fourth-order valence-corrected chi connectivity index (χ4v) is 0.423. The van der Waals surface area contributed by atoms with E-state index in [0.29, 0.717) is 5.69 Å². The SMILES string of the molecule is O=[C-]c1ccccn1.[Li+]. The fraction of sp³-hybridized carbons (Fsp3) is 0. The van der Waals surface area contributed by atoms with E-state index < -0.39 is 0 Å². The molecular weight excluding hydrogens is 109 g/mol. The Hall–Kier alpha value is -0.583. The minimum atomic E-state index is 0. The molecule has 1 aromatic heterocycles. The molecule has 1 heterocycles. The molecule has 0 N–H and O–H groups in total. The van der Waals surface area contributed by atoms with Crippen LogP contribution in [0, 0.1) is 0 Å². The molecule has 0 amide bonds. The van der Waals surface area contributed by atoms with Crippen LogP contribution in [-0.4, -0.2) is 11.3 Å². The molecule has 0 saturated heterocycles. The van der Waals surface area contributed by atoms with Crippen molar-refractivity contribution < 1.29 is 23.7 Å². The second kappa shape index (κ2) is 4.31. The van der Waals surface area contributed by atoms with Gasteiger partial charge in [-0.15, -0.1) is 6.07 Å². The summed E-state index contributed by atoms with van der Waals surface area (Å²) < 4.78 is 0. The van der Waals surface area contributed by atoms with Crippen molar-refractivity contribution >= 4 is 6.29 Å². The van der Waals surface area contributed by atoms with Gasteiger partial charge in [-0.1, -0.05) is 11.8 Å². The molecule has 0 unspecified atom stereocenters. The first-order valence-corrected chi connectivity index (χ1v) is 2.22. The summed E-state index contributed by atoms with van der Waals surface area (Å²) in [7, 11) is 0. The van der Waals surface area contributed by atoms with E-state index in [0.717, 1.165) is 0 Å². The van der Waals surface area contributed by atoms with Crippen LogP contribution in [0.2, 0.25) is 0 Å². The fourth-order valence-electron chi connectivity index (χ4n) is 0.423. The standard InChI is InChI=1S/C6H4NO.Li/c8-5-6-3-1-2-4-7-6;/h1-4H;/q-1;+1. The van der Waals surface area contributed by atoms with Crippen molar-refractivity contribution in [1.29, 1.82) is 0 Å². The summed E-state index contributed by atoms with van der Waals surface area (Å²) in [5.41, 5.74) is 0.354. The normalized spacial score (nSPS) is 7.56. The maximum atomic E-state index is 9.82. The summed E-state index contributed by atoms with van der Waals surface area (Å²) in [5, 5.41) is 0. The molecule has 0 radical (unpaired) electrons. The van der Waals surface area contributed by atoms with Crippen LogP contribution in [-0.2, 0) is 4.79 Å². The van der Waals surface area contributed by atoms with Crippen LogP contribution < -0.4 is 18.9 Å². The van der Waals surface area contributed by atoms with Gasteiger partial charge < -0.3 is 4.79 Å². The number of hydrogen-bond acceptors (Lipinski definition) is 2. The smallest absolute Gasteiger partial charge is 0.417 e. The van der Waals surface area contributed by atoms with E-state index in [4.69, 9.17) is 0 Å². The zero-order valence-corrected chi connectivity index (χ0v) is 5.16. The Morgan fingerprint density at radius 1 is 1.44 bits per heavy atom. The van der Waals surface area contributed by atoms with Gasteiger partial charge in [0.2, 0.25) is 0 Å². The molecule has 0 aliphatic rings. The second-order valence-electron chi connectivity index (χ2n) is 1.32. The van der Waals surface area contributed by atoms with Gasteiger partial charge in [-0.05, 0) is 0 Å². The van der Waals surface area contributed by atoms with Crippen molar-refractivity contribution in [3.8, 4) is 0 Å². The van der Waals surface area contributed by atoms with E-state index in [-0.39, 0.29) is 18.9 Å². The van der Waals surface area contributed by atoms with Crippen molar-refractivity contribution in [2.24, 2.45) is 0 Å².